The SMILES string of the molecule is CCCCCON=S1C=Cc2ccccc21. The topological polar surface area (TPSA) is 21.6 Å². The highest BCUT2D eigenvalue weighted by molar-refractivity contribution is 7.90. The molecule has 0 radical (unpaired) electrons. The Kier molecular flexibility index (Phi) is 4.31. The zero-order chi connectivity index (χ0) is 11.2. The molecule has 0 amide bonds. The Balaban J connectivity index is 1.92. The van der Waals surface area contributed by atoms with Crippen LogP contribution in [0.4, 0.5) is 0 Å². The smallest absolute Gasteiger partial charge is 0.0778 e. The maximum Gasteiger partial charge on any atom is 0.0778 e. The second kappa shape index (κ2) is 5.97. The molecule has 0 spiro atoms. The molecule has 0 N–H and O–H groups in total. The van der Waals surface area contributed by atoms with Gasteiger partial charge in [-0.25, -0.2) is 4.84 Å². The lowest BCUT2D eigenvalue weighted by molar-refractivity contribution is 0.146. The Morgan fingerprint density at radius 3 is 3.00 bits per heavy atom. The van der Waals surface area contributed by atoms with Gasteiger partial charge >= 0.3 is 0 Å². The first-order valence-electron chi connectivity index (χ1n) is 5.75. The van der Waals surface area contributed by atoms with Gasteiger partial charge in [0.05, 0.1) is 6.61 Å². The second-order valence-corrected chi connectivity index (χ2v) is 5.26. The number of unbranched alkanes of at least 4 members (excludes halogenated alkanes) is 2. The average Bonchev–Trinajstić information content (AvgIpc) is 2.73. The van der Waals surface area contributed by atoms with Crippen LogP contribution in [0.25, 0.3) is 6.08 Å². The summed E-state index contributed by atoms with van der Waals surface area (Å²) in [5.41, 5.74) is 1.27. The molecule has 1 aliphatic heterocycles. The highest BCUT2D eigenvalue weighted by atomic mass is 32.2. The van der Waals surface area contributed by atoms with Crippen LogP contribution in [0.5, 0.6) is 0 Å². The van der Waals surface area contributed by atoms with Crippen LogP contribution in [0.2, 0.25) is 0 Å². The van der Waals surface area contributed by atoms with Crippen LogP contribution < -0.4 is 0 Å². The summed E-state index contributed by atoms with van der Waals surface area (Å²) < 4.78 is 4.28. The van der Waals surface area contributed by atoms with Gasteiger partial charge in [0.15, 0.2) is 0 Å². The fraction of sp³-hybridized carbons (Fsp3) is 0.385. The highest BCUT2D eigenvalue weighted by Crippen LogP contribution is 2.24. The number of fused-ring (bicyclic) bond motifs is 1. The van der Waals surface area contributed by atoms with Gasteiger partial charge in [-0.1, -0.05) is 38.0 Å². The number of rotatable bonds is 5. The predicted molar refractivity (Wildman–Crippen MR) is 69.0 cm³/mol. The van der Waals surface area contributed by atoms with Crippen molar-refractivity contribution in [3.63, 3.8) is 0 Å². The molecule has 1 aromatic carbocycles. The van der Waals surface area contributed by atoms with Crippen molar-refractivity contribution in [3.8, 4) is 0 Å². The van der Waals surface area contributed by atoms with Crippen molar-refractivity contribution in [2.24, 2.45) is 4.53 Å². The van der Waals surface area contributed by atoms with E-state index < -0.39 is 0 Å². The molecule has 1 aromatic rings. The summed E-state index contributed by atoms with van der Waals surface area (Å²) in [5.74, 6) is 0. The molecule has 0 aliphatic carbocycles. The van der Waals surface area contributed by atoms with Crippen molar-refractivity contribution in [1.29, 1.82) is 0 Å². The Labute approximate surface area is 99.4 Å². The molecule has 2 nitrogen and oxygen atoms in total. The molecule has 0 bridgehead atoms. The molecule has 1 atom stereocenters. The van der Waals surface area contributed by atoms with Crippen LogP contribution >= 0.6 is 0 Å². The highest BCUT2D eigenvalue weighted by Gasteiger charge is 2.09. The summed E-state index contributed by atoms with van der Waals surface area (Å²) >= 11 is 0. The molecular formula is C13H17NOS. The zero-order valence-corrected chi connectivity index (χ0v) is 10.4. The van der Waals surface area contributed by atoms with Crippen molar-refractivity contribution in [2.75, 3.05) is 6.61 Å². The lowest BCUT2D eigenvalue weighted by atomic mass is 10.2. The molecule has 16 heavy (non-hydrogen) atoms. The summed E-state index contributed by atoms with van der Waals surface area (Å²) in [6.45, 7) is 2.93. The molecule has 1 heterocycles. The van der Waals surface area contributed by atoms with Gasteiger partial charge in [-0.15, -0.1) is 4.53 Å². The van der Waals surface area contributed by atoms with Crippen LogP contribution in [0.3, 0.4) is 0 Å². The van der Waals surface area contributed by atoms with Crippen molar-refractivity contribution < 1.29 is 4.84 Å². The van der Waals surface area contributed by atoms with Gasteiger partial charge in [0.25, 0.3) is 0 Å². The second-order valence-electron chi connectivity index (χ2n) is 3.77. The Morgan fingerprint density at radius 2 is 2.12 bits per heavy atom. The van der Waals surface area contributed by atoms with Crippen LogP contribution in [0.1, 0.15) is 31.7 Å². The average molecular weight is 235 g/mol. The van der Waals surface area contributed by atoms with E-state index in [-0.39, 0.29) is 10.7 Å². The fourth-order valence-electron chi connectivity index (χ4n) is 1.60. The third kappa shape index (κ3) is 2.80. The quantitative estimate of drug-likeness (QED) is 0.559. The van der Waals surface area contributed by atoms with Gasteiger partial charge in [0, 0.05) is 4.90 Å². The van der Waals surface area contributed by atoms with E-state index in [0.717, 1.165) is 13.0 Å². The predicted octanol–water partition coefficient (Wildman–Crippen LogP) is 3.95. The monoisotopic (exact) mass is 235 g/mol. The Bertz CT molecular complexity index is 412. The summed E-state index contributed by atoms with van der Waals surface area (Å²) in [6.07, 6.45) is 5.66. The largest absolute Gasteiger partial charge is 0.246 e. The number of benzene rings is 1. The van der Waals surface area contributed by atoms with Gasteiger partial charge in [-0.05, 0) is 40.2 Å². The minimum atomic E-state index is -0.185. The summed E-state index contributed by atoms with van der Waals surface area (Å²) in [7, 11) is -0.185. The minimum absolute atomic E-state index is 0.185. The number of nitrogens with zero attached hydrogens (tertiary/aromatic N) is 1. The van der Waals surface area contributed by atoms with Gasteiger partial charge in [0.2, 0.25) is 0 Å². The van der Waals surface area contributed by atoms with E-state index in [1.165, 1.54) is 23.3 Å². The first-order chi connectivity index (χ1) is 7.92. The fourth-order valence-corrected chi connectivity index (χ4v) is 2.93. The third-order valence-electron chi connectivity index (χ3n) is 2.49. The van der Waals surface area contributed by atoms with E-state index in [4.69, 9.17) is 4.84 Å². The van der Waals surface area contributed by atoms with Crippen LogP contribution in [0.15, 0.2) is 39.1 Å². The standard InChI is InChI=1S/C13H17NOS/c1-2-3-6-10-15-14-16-11-9-12-7-4-5-8-13(12)16/h4-5,7-9,11H,2-3,6,10H2,1H3. The lowest BCUT2D eigenvalue weighted by Gasteiger charge is -2.01. The molecule has 1 unspecified atom stereocenters. The zero-order valence-electron chi connectivity index (χ0n) is 9.56. The van der Waals surface area contributed by atoms with E-state index in [2.05, 4.69) is 47.2 Å². The normalized spacial score (nSPS) is 17.9. The van der Waals surface area contributed by atoms with E-state index in [1.807, 2.05) is 0 Å². The molecule has 3 heteroatoms. The summed E-state index contributed by atoms with van der Waals surface area (Å²) in [4.78, 5) is 6.64. The Morgan fingerprint density at radius 1 is 1.25 bits per heavy atom. The Hall–Kier alpha value is -0.930. The summed E-state index contributed by atoms with van der Waals surface area (Å²) in [5, 5.41) is 2.12. The maximum absolute atomic E-state index is 5.36. The van der Waals surface area contributed by atoms with Gasteiger partial charge in [0.1, 0.15) is 0 Å². The van der Waals surface area contributed by atoms with E-state index >= 15 is 0 Å². The molecular weight excluding hydrogens is 218 g/mol. The lowest BCUT2D eigenvalue weighted by Crippen LogP contribution is -1.90. The molecule has 86 valence electrons. The molecule has 1 aliphatic rings. The van der Waals surface area contributed by atoms with Crippen molar-refractivity contribution >= 4 is 16.8 Å². The van der Waals surface area contributed by atoms with Crippen molar-refractivity contribution in [2.45, 2.75) is 31.1 Å². The minimum Gasteiger partial charge on any atom is -0.246 e. The molecule has 0 aromatic heterocycles. The van der Waals surface area contributed by atoms with Crippen LogP contribution in [-0.2, 0) is 15.5 Å². The van der Waals surface area contributed by atoms with E-state index in [9.17, 15) is 0 Å². The van der Waals surface area contributed by atoms with Crippen LogP contribution in [-0.4, -0.2) is 6.61 Å². The molecule has 0 saturated carbocycles. The van der Waals surface area contributed by atoms with E-state index in [0.29, 0.717) is 0 Å². The van der Waals surface area contributed by atoms with Gasteiger partial charge in [-0.2, -0.15) is 0 Å². The first kappa shape index (κ1) is 11.6. The van der Waals surface area contributed by atoms with Crippen molar-refractivity contribution in [1.82, 2.24) is 0 Å². The number of hydrogen-bond donors (Lipinski definition) is 0. The molecule has 0 fully saturated rings. The summed E-state index contributed by atoms with van der Waals surface area (Å²) in [6, 6.07) is 8.35. The van der Waals surface area contributed by atoms with Crippen molar-refractivity contribution in [3.05, 3.63) is 35.2 Å². The van der Waals surface area contributed by atoms with Gasteiger partial charge < -0.3 is 0 Å². The van der Waals surface area contributed by atoms with Crippen LogP contribution in [0, 0.1) is 0 Å². The molecule has 0 saturated heterocycles. The maximum atomic E-state index is 5.36. The first-order valence-corrected chi connectivity index (χ1v) is 6.99. The third-order valence-corrected chi connectivity index (χ3v) is 3.98. The number of hydrogen-bond acceptors (Lipinski definition) is 2. The van der Waals surface area contributed by atoms with E-state index in [1.54, 1.807) is 0 Å². The van der Waals surface area contributed by atoms with Gasteiger partial charge in [-0.3, -0.25) is 0 Å². The molecule has 2 rings (SSSR count).